The lowest BCUT2D eigenvalue weighted by molar-refractivity contribution is -0.122. The van der Waals surface area contributed by atoms with Gasteiger partial charge in [-0.05, 0) is 24.5 Å². The summed E-state index contributed by atoms with van der Waals surface area (Å²) < 4.78 is 0. The van der Waals surface area contributed by atoms with Gasteiger partial charge >= 0.3 is 0 Å². The topological polar surface area (TPSA) is 41.1 Å². The molecule has 1 aliphatic rings. The number of aryl methyl sites for hydroxylation is 1. The van der Waals surface area contributed by atoms with E-state index in [0.29, 0.717) is 19.5 Å². The molecule has 17 heavy (non-hydrogen) atoms. The number of nitrogens with one attached hydrogen (secondary N) is 2. The van der Waals surface area contributed by atoms with Crippen LogP contribution in [-0.2, 0) is 11.3 Å². The summed E-state index contributed by atoms with van der Waals surface area (Å²) in [4.78, 5) is 11.8. The highest BCUT2D eigenvalue weighted by Crippen LogP contribution is 2.13. The van der Waals surface area contributed by atoms with Crippen molar-refractivity contribution in [3.05, 3.63) is 35.4 Å². The molecule has 0 aliphatic carbocycles. The van der Waals surface area contributed by atoms with E-state index in [1.54, 1.807) is 0 Å². The van der Waals surface area contributed by atoms with Crippen LogP contribution in [-0.4, -0.2) is 23.9 Å². The number of alkyl halides is 1. The molecule has 1 heterocycles. The van der Waals surface area contributed by atoms with Gasteiger partial charge in [0, 0.05) is 18.5 Å². The summed E-state index contributed by atoms with van der Waals surface area (Å²) in [6.45, 7) is 3.34. The third-order valence-electron chi connectivity index (χ3n) is 3.11. The van der Waals surface area contributed by atoms with Gasteiger partial charge in [-0.2, -0.15) is 0 Å². The van der Waals surface area contributed by atoms with Crippen molar-refractivity contribution < 1.29 is 4.79 Å². The normalized spacial score (nSPS) is 23.6. The lowest BCUT2D eigenvalue weighted by atomic mass is 10.1. The van der Waals surface area contributed by atoms with E-state index in [0.717, 1.165) is 5.56 Å². The van der Waals surface area contributed by atoms with Gasteiger partial charge in [-0.15, -0.1) is 11.6 Å². The van der Waals surface area contributed by atoms with Crippen molar-refractivity contribution in [3.63, 3.8) is 0 Å². The van der Waals surface area contributed by atoms with Crippen molar-refractivity contribution in [2.75, 3.05) is 6.54 Å². The lowest BCUT2D eigenvalue weighted by Crippen LogP contribution is -2.40. The molecule has 1 aromatic carbocycles. The van der Waals surface area contributed by atoms with Crippen molar-refractivity contribution in [1.29, 1.82) is 0 Å². The van der Waals surface area contributed by atoms with Crippen LogP contribution in [0.5, 0.6) is 0 Å². The first-order valence-corrected chi connectivity index (χ1v) is 6.30. The minimum Gasteiger partial charge on any atom is -0.351 e. The molecule has 0 aromatic heterocycles. The summed E-state index contributed by atoms with van der Waals surface area (Å²) in [5, 5.41) is 6.13. The van der Waals surface area contributed by atoms with Gasteiger partial charge in [-0.1, -0.05) is 24.3 Å². The molecule has 0 saturated carbocycles. The Hall–Kier alpha value is -1.06. The van der Waals surface area contributed by atoms with Crippen molar-refractivity contribution >= 4 is 17.5 Å². The summed E-state index contributed by atoms with van der Waals surface area (Å²) in [6.07, 6.45) is 0.709. The number of halogens is 1. The standard InChI is InChI=1S/C13H17ClN2O/c1-9-4-2-3-5-10(9)7-16-13(17)12-6-11(14)8-15-12/h2-5,11-12,15H,6-8H2,1H3,(H,16,17)/t11-,12-/m0/s1. The Morgan fingerprint density at radius 3 is 2.94 bits per heavy atom. The average Bonchev–Trinajstić information content (AvgIpc) is 2.74. The van der Waals surface area contributed by atoms with Crippen molar-refractivity contribution in [3.8, 4) is 0 Å². The highest BCUT2D eigenvalue weighted by molar-refractivity contribution is 6.21. The van der Waals surface area contributed by atoms with Crippen LogP contribution in [0.4, 0.5) is 0 Å². The molecule has 1 fully saturated rings. The average molecular weight is 253 g/mol. The second kappa shape index (κ2) is 5.52. The molecule has 4 heteroatoms. The molecule has 0 spiro atoms. The maximum Gasteiger partial charge on any atom is 0.237 e. The Labute approximate surface area is 107 Å². The Morgan fingerprint density at radius 1 is 1.53 bits per heavy atom. The number of carbonyl (C=O) groups excluding carboxylic acids is 1. The zero-order chi connectivity index (χ0) is 12.3. The molecule has 92 valence electrons. The minimum absolute atomic E-state index is 0.0383. The predicted octanol–water partition coefficient (Wildman–Crippen LogP) is 1.58. The fourth-order valence-electron chi connectivity index (χ4n) is 2.01. The molecule has 3 nitrogen and oxygen atoms in total. The molecule has 1 saturated heterocycles. The molecule has 1 amide bonds. The summed E-state index contributed by atoms with van der Waals surface area (Å²) in [5.74, 6) is 0.0383. The van der Waals surface area contributed by atoms with Crippen LogP contribution >= 0.6 is 11.6 Å². The van der Waals surface area contributed by atoms with E-state index in [9.17, 15) is 4.79 Å². The van der Waals surface area contributed by atoms with E-state index in [4.69, 9.17) is 11.6 Å². The quantitative estimate of drug-likeness (QED) is 0.802. The second-order valence-corrected chi connectivity index (χ2v) is 5.06. The van der Waals surface area contributed by atoms with Crippen molar-refractivity contribution in [2.24, 2.45) is 0 Å². The Balaban J connectivity index is 1.86. The van der Waals surface area contributed by atoms with Gasteiger partial charge < -0.3 is 10.6 Å². The second-order valence-electron chi connectivity index (χ2n) is 4.44. The van der Waals surface area contributed by atoms with E-state index in [1.807, 2.05) is 31.2 Å². The van der Waals surface area contributed by atoms with Crippen LogP contribution in [0.2, 0.25) is 0 Å². The van der Waals surface area contributed by atoms with Crippen molar-refractivity contribution in [2.45, 2.75) is 31.3 Å². The van der Waals surface area contributed by atoms with E-state index >= 15 is 0 Å². The van der Waals surface area contributed by atoms with Gasteiger partial charge in [-0.3, -0.25) is 4.79 Å². The molecule has 2 atom stereocenters. The summed E-state index contributed by atoms with van der Waals surface area (Å²) in [6, 6.07) is 7.92. The first kappa shape index (κ1) is 12.4. The van der Waals surface area contributed by atoms with Gasteiger partial charge in [0.2, 0.25) is 5.91 Å². The number of hydrogen-bond acceptors (Lipinski definition) is 2. The highest BCUT2D eigenvalue weighted by atomic mass is 35.5. The highest BCUT2D eigenvalue weighted by Gasteiger charge is 2.27. The Kier molecular flexibility index (Phi) is 4.02. The monoisotopic (exact) mass is 252 g/mol. The van der Waals surface area contributed by atoms with Crippen LogP contribution in [0.25, 0.3) is 0 Å². The Bertz CT molecular complexity index is 408. The molecule has 0 radical (unpaired) electrons. The van der Waals surface area contributed by atoms with Crippen LogP contribution in [0.3, 0.4) is 0 Å². The fourth-order valence-corrected chi connectivity index (χ4v) is 2.27. The fraction of sp³-hybridized carbons (Fsp3) is 0.462. The van der Waals surface area contributed by atoms with Crippen molar-refractivity contribution in [1.82, 2.24) is 10.6 Å². The van der Waals surface area contributed by atoms with E-state index in [2.05, 4.69) is 10.6 Å². The molecular weight excluding hydrogens is 236 g/mol. The van der Waals surface area contributed by atoms with E-state index in [-0.39, 0.29) is 17.3 Å². The molecule has 1 aromatic rings. The number of rotatable bonds is 3. The van der Waals surface area contributed by atoms with Crippen LogP contribution in [0, 0.1) is 6.92 Å². The summed E-state index contributed by atoms with van der Waals surface area (Å²) in [7, 11) is 0. The molecule has 2 rings (SSSR count). The maximum absolute atomic E-state index is 11.8. The lowest BCUT2D eigenvalue weighted by Gasteiger charge is -2.12. The Morgan fingerprint density at radius 2 is 2.29 bits per heavy atom. The third kappa shape index (κ3) is 3.20. The van der Waals surface area contributed by atoms with Gasteiger partial charge in [0.05, 0.1) is 6.04 Å². The van der Waals surface area contributed by atoms with E-state index in [1.165, 1.54) is 5.56 Å². The zero-order valence-corrected chi connectivity index (χ0v) is 10.6. The summed E-state index contributed by atoms with van der Waals surface area (Å²) in [5.41, 5.74) is 2.35. The maximum atomic E-state index is 11.8. The number of hydrogen-bond donors (Lipinski definition) is 2. The summed E-state index contributed by atoms with van der Waals surface area (Å²) >= 11 is 5.95. The molecule has 2 N–H and O–H groups in total. The zero-order valence-electron chi connectivity index (χ0n) is 9.87. The number of benzene rings is 1. The molecule has 0 unspecified atom stereocenters. The van der Waals surface area contributed by atoms with E-state index < -0.39 is 0 Å². The van der Waals surface area contributed by atoms with Crippen LogP contribution in [0.15, 0.2) is 24.3 Å². The molecular formula is C13H17ClN2O. The first-order chi connectivity index (χ1) is 8.16. The van der Waals surface area contributed by atoms with Gasteiger partial charge in [0.1, 0.15) is 0 Å². The van der Waals surface area contributed by atoms with Crippen LogP contribution in [0.1, 0.15) is 17.5 Å². The third-order valence-corrected chi connectivity index (χ3v) is 3.44. The smallest absolute Gasteiger partial charge is 0.237 e. The number of carbonyl (C=O) groups is 1. The van der Waals surface area contributed by atoms with Crippen LogP contribution < -0.4 is 10.6 Å². The molecule has 0 bridgehead atoms. The SMILES string of the molecule is Cc1ccccc1CNC(=O)[C@@H]1C[C@H](Cl)CN1. The largest absolute Gasteiger partial charge is 0.351 e. The minimum atomic E-state index is -0.137. The van der Waals surface area contributed by atoms with Gasteiger partial charge in [0.25, 0.3) is 0 Å². The molecule has 1 aliphatic heterocycles. The first-order valence-electron chi connectivity index (χ1n) is 5.86. The van der Waals surface area contributed by atoms with Gasteiger partial charge in [0.15, 0.2) is 0 Å². The van der Waals surface area contributed by atoms with Gasteiger partial charge in [-0.25, -0.2) is 0 Å². The predicted molar refractivity (Wildman–Crippen MR) is 69.1 cm³/mol. The number of amides is 1.